The first-order chi connectivity index (χ1) is 8.95. The first kappa shape index (κ1) is 15.4. The molecule has 2 N–H and O–H groups in total. The maximum absolute atomic E-state index is 12.0. The van der Waals surface area contributed by atoms with Crippen LogP contribution in [0, 0.1) is 0 Å². The summed E-state index contributed by atoms with van der Waals surface area (Å²) in [7, 11) is 4.75. The van der Waals surface area contributed by atoms with Gasteiger partial charge in [0.15, 0.2) is 0 Å². The normalized spacial score (nSPS) is 10.1. The molecule has 0 saturated carbocycles. The molecule has 0 spiro atoms. The van der Waals surface area contributed by atoms with E-state index in [1.54, 1.807) is 32.3 Å². The molecule has 0 aliphatic heterocycles. The zero-order valence-corrected chi connectivity index (χ0v) is 12.1. The van der Waals surface area contributed by atoms with E-state index < -0.39 is 0 Å². The number of hydrogen-bond acceptors (Lipinski definition) is 5. The van der Waals surface area contributed by atoms with Gasteiger partial charge < -0.3 is 15.4 Å². The van der Waals surface area contributed by atoms with Crippen LogP contribution in [0.4, 0.5) is 5.69 Å². The van der Waals surface area contributed by atoms with Crippen LogP contribution in [0.2, 0.25) is 0 Å². The summed E-state index contributed by atoms with van der Waals surface area (Å²) in [5.74, 6) is 0.196. The van der Waals surface area contributed by atoms with Crippen LogP contribution >= 0.6 is 11.8 Å². The molecule has 5 nitrogen and oxygen atoms in total. The van der Waals surface area contributed by atoms with Crippen molar-refractivity contribution in [3.8, 4) is 0 Å². The Kier molecular flexibility index (Phi) is 5.69. The minimum atomic E-state index is -0.267. The van der Waals surface area contributed by atoms with Crippen molar-refractivity contribution in [3.05, 3.63) is 23.8 Å². The van der Waals surface area contributed by atoms with Gasteiger partial charge in [-0.3, -0.25) is 9.59 Å². The van der Waals surface area contributed by atoms with Gasteiger partial charge in [0.2, 0.25) is 0 Å². The van der Waals surface area contributed by atoms with Gasteiger partial charge in [0.25, 0.3) is 5.91 Å². The third-order valence-electron chi connectivity index (χ3n) is 2.43. The molecule has 0 radical (unpaired) electrons. The second kappa shape index (κ2) is 7.04. The number of thioether (sulfide) groups is 1. The second-order valence-electron chi connectivity index (χ2n) is 4.13. The summed E-state index contributed by atoms with van der Waals surface area (Å²) in [5.41, 5.74) is 6.92. The average Bonchev–Trinajstić information content (AvgIpc) is 2.37. The Bertz CT molecular complexity index is 475. The highest BCUT2D eigenvalue weighted by molar-refractivity contribution is 7.99. The molecule has 104 valence electrons. The molecular formula is C13H18N2O3S. The molecule has 1 aromatic carbocycles. The molecule has 0 saturated heterocycles. The van der Waals surface area contributed by atoms with E-state index >= 15 is 0 Å². The smallest absolute Gasteiger partial charge is 0.306 e. The molecule has 0 aliphatic rings. The van der Waals surface area contributed by atoms with Crippen molar-refractivity contribution >= 4 is 29.3 Å². The highest BCUT2D eigenvalue weighted by Gasteiger charge is 2.14. The lowest BCUT2D eigenvalue weighted by Gasteiger charge is -2.14. The van der Waals surface area contributed by atoms with Gasteiger partial charge >= 0.3 is 5.97 Å². The maximum atomic E-state index is 12.0. The van der Waals surface area contributed by atoms with Gasteiger partial charge in [-0.25, -0.2) is 0 Å². The fraction of sp³-hybridized carbons (Fsp3) is 0.385. The third kappa shape index (κ3) is 4.48. The van der Waals surface area contributed by atoms with Crippen molar-refractivity contribution in [2.75, 3.05) is 32.7 Å². The molecule has 0 aromatic heterocycles. The lowest BCUT2D eigenvalue weighted by Crippen LogP contribution is -2.22. The monoisotopic (exact) mass is 282 g/mol. The summed E-state index contributed by atoms with van der Waals surface area (Å²) < 4.78 is 4.58. The summed E-state index contributed by atoms with van der Waals surface area (Å²) in [6, 6.07) is 5.15. The van der Waals surface area contributed by atoms with E-state index in [4.69, 9.17) is 5.73 Å². The number of benzene rings is 1. The van der Waals surface area contributed by atoms with Crippen molar-refractivity contribution in [2.45, 2.75) is 11.3 Å². The first-order valence-corrected chi connectivity index (χ1v) is 6.75. The van der Waals surface area contributed by atoms with E-state index in [9.17, 15) is 9.59 Å². The van der Waals surface area contributed by atoms with Crippen LogP contribution in [0.3, 0.4) is 0 Å². The number of carbonyl (C=O) groups excluding carboxylic acids is 2. The van der Waals surface area contributed by atoms with Gasteiger partial charge in [0.1, 0.15) is 0 Å². The van der Waals surface area contributed by atoms with Crippen molar-refractivity contribution in [1.29, 1.82) is 0 Å². The third-order valence-corrected chi connectivity index (χ3v) is 3.49. The van der Waals surface area contributed by atoms with Gasteiger partial charge in [0, 0.05) is 30.4 Å². The molecule has 1 rings (SSSR count). The molecule has 0 heterocycles. The molecule has 0 bridgehead atoms. The van der Waals surface area contributed by atoms with E-state index in [-0.39, 0.29) is 11.9 Å². The van der Waals surface area contributed by atoms with E-state index in [1.165, 1.54) is 23.8 Å². The Balaban J connectivity index is 2.83. The summed E-state index contributed by atoms with van der Waals surface area (Å²) in [4.78, 5) is 25.4. The number of hydrogen-bond donors (Lipinski definition) is 1. The van der Waals surface area contributed by atoms with Crippen molar-refractivity contribution in [1.82, 2.24) is 4.90 Å². The predicted octanol–water partition coefficient (Wildman–Crippen LogP) is 1.63. The molecule has 0 atom stereocenters. The number of anilines is 1. The van der Waals surface area contributed by atoms with Crippen molar-refractivity contribution in [2.24, 2.45) is 0 Å². The highest BCUT2D eigenvalue weighted by Crippen LogP contribution is 2.26. The molecule has 1 aromatic rings. The van der Waals surface area contributed by atoms with E-state index in [1.807, 2.05) is 0 Å². The van der Waals surface area contributed by atoms with Crippen molar-refractivity contribution in [3.63, 3.8) is 0 Å². The van der Waals surface area contributed by atoms with Crippen molar-refractivity contribution < 1.29 is 14.3 Å². The van der Waals surface area contributed by atoms with Crippen LogP contribution in [0.25, 0.3) is 0 Å². The van der Waals surface area contributed by atoms with E-state index in [0.717, 1.165) is 4.90 Å². The lowest BCUT2D eigenvalue weighted by molar-refractivity contribution is -0.140. The van der Waals surface area contributed by atoms with Gasteiger partial charge in [0.05, 0.1) is 19.1 Å². The number of ether oxygens (including phenoxy) is 1. The van der Waals surface area contributed by atoms with E-state index in [0.29, 0.717) is 23.4 Å². The average molecular weight is 282 g/mol. The Labute approximate surface area is 117 Å². The van der Waals surface area contributed by atoms with Gasteiger partial charge in [-0.15, -0.1) is 11.8 Å². The molecule has 1 amide bonds. The van der Waals surface area contributed by atoms with Gasteiger partial charge in [-0.1, -0.05) is 0 Å². The number of nitrogen functional groups attached to an aromatic ring is 1. The molecular weight excluding hydrogens is 264 g/mol. The number of amides is 1. The van der Waals surface area contributed by atoms with Gasteiger partial charge in [-0.2, -0.15) is 0 Å². The number of methoxy groups -OCH3 is 1. The summed E-state index contributed by atoms with van der Waals surface area (Å²) >= 11 is 1.42. The SMILES string of the molecule is COC(=O)CCSc1cc(N)ccc1C(=O)N(C)C. The number of nitrogens with two attached hydrogens (primary N) is 1. The quantitative estimate of drug-likeness (QED) is 0.505. The molecule has 6 heteroatoms. The van der Waals surface area contributed by atoms with E-state index in [2.05, 4.69) is 4.74 Å². The number of carbonyl (C=O) groups is 2. The molecule has 0 fully saturated rings. The zero-order chi connectivity index (χ0) is 14.4. The molecule has 0 aliphatic carbocycles. The Morgan fingerprint density at radius 1 is 1.37 bits per heavy atom. The molecule has 0 unspecified atom stereocenters. The van der Waals surface area contributed by atoms with Gasteiger partial charge in [-0.05, 0) is 18.2 Å². The van der Waals surface area contributed by atoms with Crippen LogP contribution in [-0.4, -0.2) is 43.7 Å². The molecule has 19 heavy (non-hydrogen) atoms. The fourth-order valence-electron chi connectivity index (χ4n) is 1.42. The van der Waals surface area contributed by atoms with Crippen LogP contribution in [0.1, 0.15) is 16.8 Å². The highest BCUT2D eigenvalue weighted by atomic mass is 32.2. The lowest BCUT2D eigenvalue weighted by atomic mass is 10.2. The Morgan fingerprint density at radius 2 is 2.05 bits per heavy atom. The minimum Gasteiger partial charge on any atom is -0.469 e. The zero-order valence-electron chi connectivity index (χ0n) is 11.3. The Morgan fingerprint density at radius 3 is 2.63 bits per heavy atom. The maximum Gasteiger partial charge on any atom is 0.306 e. The summed E-state index contributed by atoms with van der Waals surface area (Å²) in [6.45, 7) is 0. The number of esters is 1. The van der Waals surface area contributed by atoms with Crippen LogP contribution in [-0.2, 0) is 9.53 Å². The fourth-order valence-corrected chi connectivity index (χ4v) is 2.44. The van der Waals surface area contributed by atoms with Crippen LogP contribution < -0.4 is 5.73 Å². The Hall–Kier alpha value is -1.69. The standard InChI is InChI=1S/C13H18N2O3S/c1-15(2)13(17)10-5-4-9(14)8-11(10)19-7-6-12(16)18-3/h4-5,8H,6-7,14H2,1-3H3. The summed E-state index contributed by atoms with van der Waals surface area (Å²) in [6.07, 6.45) is 0.297. The number of rotatable bonds is 5. The largest absolute Gasteiger partial charge is 0.469 e. The van der Waals surface area contributed by atoms with Crippen LogP contribution in [0.5, 0.6) is 0 Å². The second-order valence-corrected chi connectivity index (χ2v) is 5.27. The topological polar surface area (TPSA) is 72.6 Å². The predicted molar refractivity (Wildman–Crippen MR) is 76.2 cm³/mol. The van der Waals surface area contributed by atoms with Crippen LogP contribution in [0.15, 0.2) is 23.1 Å². The minimum absolute atomic E-state index is 0.0828. The first-order valence-electron chi connectivity index (χ1n) is 5.76. The number of nitrogens with zero attached hydrogens (tertiary/aromatic N) is 1. The summed E-state index contributed by atoms with van der Waals surface area (Å²) in [5, 5.41) is 0.